The van der Waals surface area contributed by atoms with Crippen LogP contribution in [0.4, 0.5) is 0 Å². The molecular weight excluding hydrogens is 392 g/mol. The number of allylic oxidation sites excluding steroid dienone is 1. The second-order valence-electron chi connectivity index (χ2n) is 7.33. The van der Waals surface area contributed by atoms with Gasteiger partial charge in [0.2, 0.25) is 0 Å². The zero-order valence-electron chi connectivity index (χ0n) is 16.9. The minimum Gasteiger partial charge on any atom is -0.497 e. The molecule has 0 amide bonds. The van der Waals surface area contributed by atoms with Gasteiger partial charge < -0.3 is 19.1 Å². The molecular formula is C25H20N2O4. The van der Waals surface area contributed by atoms with Crippen molar-refractivity contribution in [3.8, 4) is 11.5 Å². The van der Waals surface area contributed by atoms with E-state index in [2.05, 4.69) is 11.1 Å². The second-order valence-corrected chi connectivity index (χ2v) is 7.33. The molecule has 6 heteroatoms. The van der Waals surface area contributed by atoms with Gasteiger partial charge in [0.15, 0.2) is 0 Å². The van der Waals surface area contributed by atoms with E-state index in [4.69, 9.17) is 9.47 Å². The van der Waals surface area contributed by atoms with Crippen molar-refractivity contribution in [1.29, 1.82) is 0 Å². The van der Waals surface area contributed by atoms with Crippen molar-refractivity contribution in [2.75, 3.05) is 7.11 Å². The Labute approximate surface area is 179 Å². The first-order chi connectivity index (χ1) is 15.1. The quantitative estimate of drug-likeness (QED) is 0.523. The molecule has 154 valence electrons. The van der Waals surface area contributed by atoms with Crippen molar-refractivity contribution >= 4 is 22.6 Å². The van der Waals surface area contributed by atoms with Crippen molar-refractivity contribution < 1.29 is 19.4 Å². The number of ether oxygens (including phenoxy) is 2. The van der Waals surface area contributed by atoms with Crippen LogP contribution in [-0.2, 0) is 13.2 Å². The van der Waals surface area contributed by atoms with Crippen LogP contribution in [0, 0.1) is 0 Å². The van der Waals surface area contributed by atoms with E-state index in [-0.39, 0.29) is 5.56 Å². The lowest BCUT2D eigenvalue weighted by molar-refractivity contribution is 0.0697. The molecule has 3 aromatic carbocycles. The summed E-state index contributed by atoms with van der Waals surface area (Å²) in [6.45, 7) is 0.988. The Morgan fingerprint density at radius 3 is 2.87 bits per heavy atom. The number of carbonyl (C=O) groups is 1. The molecule has 0 atom stereocenters. The van der Waals surface area contributed by atoms with Gasteiger partial charge in [0, 0.05) is 18.2 Å². The third kappa shape index (κ3) is 3.42. The monoisotopic (exact) mass is 412 g/mol. The van der Waals surface area contributed by atoms with E-state index in [1.54, 1.807) is 31.6 Å². The van der Waals surface area contributed by atoms with E-state index in [1.165, 1.54) is 0 Å². The number of methoxy groups -OCH3 is 1. The third-order valence-electron chi connectivity index (χ3n) is 5.53. The minimum atomic E-state index is -0.965. The second kappa shape index (κ2) is 7.65. The number of benzene rings is 3. The fourth-order valence-corrected chi connectivity index (χ4v) is 3.93. The van der Waals surface area contributed by atoms with Crippen LogP contribution in [0.1, 0.15) is 27.0 Å². The average Bonchev–Trinajstić information content (AvgIpc) is 3.13. The van der Waals surface area contributed by atoms with Crippen molar-refractivity contribution in [2.45, 2.75) is 13.2 Å². The van der Waals surface area contributed by atoms with Crippen LogP contribution >= 0.6 is 0 Å². The Balaban J connectivity index is 1.65. The molecule has 0 saturated carbocycles. The van der Waals surface area contributed by atoms with E-state index in [0.717, 1.165) is 39.0 Å². The summed E-state index contributed by atoms with van der Waals surface area (Å²) >= 11 is 0. The summed E-state index contributed by atoms with van der Waals surface area (Å²) in [7, 11) is 1.64. The molecule has 0 fully saturated rings. The zero-order valence-corrected chi connectivity index (χ0v) is 16.9. The van der Waals surface area contributed by atoms with E-state index < -0.39 is 5.97 Å². The number of hydrogen-bond donors (Lipinski definition) is 1. The van der Waals surface area contributed by atoms with Gasteiger partial charge in [-0.05, 0) is 47.0 Å². The van der Waals surface area contributed by atoms with E-state index >= 15 is 0 Å². The van der Waals surface area contributed by atoms with Crippen LogP contribution < -0.4 is 9.47 Å². The molecule has 0 unspecified atom stereocenters. The van der Waals surface area contributed by atoms with Crippen LogP contribution in [0.2, 0.25) is 0 Å². The molecule has 1 aliphatic rings. The third-order valence-corrected chi connectivity index (χ3v) is 5.53. The summed E-state index contributed by atoms with van der Waals surface area (Å²) in [6, 6.07) is 18.8. The predicted octanol–water partition coefficient (Wildman–Crippen LogP) is 4.77. The summed E-state index contributed by atoms with van der Waals surface area (Å²) in [5.74, 6) is 0.476. The fraction of sp³-hybridized carbons (Fsp3) is 0.120. The molecule has 31 heavy (non-hydrogen) atoms. The van der Waals surface area contributed by atoms with Gasteiger partial charge in [0.25, 0.3) is 0 Å². The molecule has 2 heterocycles. The number of fused-ring (bicyclic) bond motifs is 3. The lowest BCUT2D eigenvalue weighted by atomic mass is 9.93. The maximum absolute atomic E-state index is 11.6. The van der Waals surface area contributed by atoms with Gasteiger partial charge in [0.05, 0.1) is 30.0 Å². The molecule has 0 aliphatic carbocycles. The highest BCUT2D eigenvalue weighted by atomic mass is 16.5. The van der Waals surface area contributed by atoms with Crippen LogP contribution in [0.3, 0.4) is 0 Å². The van der Waals surface area contributed by atoms with E-state index in [1.807, 2.05) is 47.0 Å². The van der Waals surface area contributed by atoms with Gasteiger partial charge in [-0.15, -0.1) is 0 Å². The maximum Gasteiger partial charge on any atom is 0.335 e. The molecule has 1 N–H and O–H groups in total. The minimum absolute atomic E-state index is 0.227. The summed E-state index contributed by atoms with van der Waals surface area (Å²) in [6.07, 6.45) is 3.90. The molecule has 0 spiro atoms. The normalized spacial score (nSPS) is 13.9. The van der Waals surface area contributed by atoms with Gasteiger partial charge >= 0.3 is 5.97 Å². The van der Waals surface area contributed by atoms with Gasteiger partial charge in [-0.2, -0.15) is 0 Å². The lowest BCUT2D eigenvalue weighted by Gasteiger charge is -2.12. The topological polar surface area (TPSA) is 73.6 Å². The molecule has 1 aromatic heterocycles. The van der Waals surface area contributed by atoms with Crippen molar-refractivity contribution in [3.05, 3.63) is 95.3 Å². The van der Waals surface area contributed by atoms with Gasteiger partial charge in [-0.1, -0.05) is 30.3 Å². The van der Waals surface area contributed by atoms with Gasteiger partial charge in [-0.3, -0.25) is 0 Å². The molecule has 5 rings (SSSR count). The Morgan fingerprint density at radius 2 is 2.03 bits per heavy atom. The standard InChI is InChI=1S/C25H20N2O4/c1-30-18-7-8-22-23(13-18)27(15-26-22)11-10-20-19-5-3-2-4-17(19)14-31-24-9-6-16(25(28)29)12-21(20)24/h2-10,12-13,15H,11,14H2,1H3,(H,28,29)/b20-10+. The molecule has 0 radical (unpaired) electrons. The smallest absolute Gasteiger partial charge is 0.335 e. The van der Waals surface area contributed by atoms with Crippen molar-refractivity contribution in [1.82, 2.24) is 9.55 Å². The summed E-state index contributed by atoms with van der Waals surface area (Å²) in [4.78, 5) is 16.1. The summed E-state index contributed by atoms with van der Waals surface area (Å²) in [5, 5.41) is 9.50. The van der Waals surface area contributed by atoms with Gasteiger partial charge in [-0.25, -0.2) is 9.78 Å². The molecule has 0 saturated heterocycles. The fourth-order valence-electron chi connectivity index (χ4n) is 3.93. The lowest BCUT2D eigenvalue weighted by Crippen LogP contribution is -2.00. The highest BCUT2D eigenvalue weighted by Crippen LogP contribution is 2.37. The van der Waals surface area contributed by atoms with E-state index in [0.29, 0.717) is 18.9 Å². The predicted molar refractivity (Wildman–Crippen MR) is 118 cm³/mol. The average molecular weight is 412 g/mol. The Kier molecular flexibility index (Phi) is 4.67. The molecule has 0 bridgehead atoms. The maximum atomic E-state index is 11.6. The number of carboxylic acids is 1. The first-order valence-corrected chi connectivity index (χ1v) is 9.92. The van der Waals surface area contributed by atoms with E-state index in [9.17, 15) is 9.90 Å². The number of carboxylic acid groups (broad SMARTS) is 1. The molecule has 6 nitrogen and oxygen atoms in total. The number of hydrogen-bond acceptors (Lipinski definition) is 4. The van der Waals surface area contributed by atoms with Crippen LogP contribution in [0.5, 0.6) is 11.5 Å². The van der Waals surface area contributed by atoms with Crippen LogP contribution in [-0.4, -0.2) is 27.7 Å². The molecule has 4 aromatic rings. The first-order valence-electron chi connectivity index (χ1n) is 9.92. The number of aromatic carboxylic acids is 1. The van der Waals surface area contributed by atoms with Crippen LogP contribution in [0.15, 0.2) is 73.1 Å². The highest BCUT2D eigenvalue weighted by molar-refractivity contribution is 5.92. The number of aromatic nitrogens is 2. The number of rotatable bonds is 4. The molecule has 1 aliphatic heterocycles. The summed E-state index contributed by atoms with van der Waals surface area (Å²) < 4.78 is 13.4. The Morgan fingerprint density at radius 1 is 1.16 bits per heavy atom. The number of imidazole rings is 1. The summed E-state index contributed by atoms with van der Waals surface area (Å²) in [5.41, 5.74) is 5.88. The zero-order chi connectivity index (χ0) is 21.4. The number of nitrogens with zero attached hydrogens (tertiary/aromatic N) is 2. The highest BCUT2D eigenvalue weighted by Gasteiger charge is 2.20. The Bertz CT molecular complexity index is 1340. The SMILES string of the molecule is COc1ccc2ncn(C/C=C3\c4ccccc4COc4ccc(C(=O)O)cc43)c2c1. The largest absolute Gasteiger partial charge is 0.497 e. The van der Waals surface area contributed by atoms with Gasteiger partial charge in [0.1, 0.15) is 18.1 Å². The Hall–Kier alpha value is -4.06. The first kappa shape index (κ1) is 18.9. The van der Waals surface area contributed by atoms with Crippen molar-refractivity contribution in [3.63, 3.8) is 0 Å². The van der Waals surface area contributed by atoms with Crippen molar-refractivity contribution in [2.24, 2.45) is 0 Å². The van der Waals surface area contributed by atoms with Crippen LogP contribution in [0.25, 0.3) is 16.6 Å².